The quantitative estimate of drug-likeness (QED) is 0.256. The third-order valence-corrected chi connectivity index (χ3v) is 7.70. The van der Waals surface area contributed by atoms with E-state index in [9.17, 15) is 22.8 Å². The Morgan fingerprint density at radius 3 is 2.72 bits per heavy atom. The van der Waals surface area contributed by atoms with Gasteiger partial charge < -0.3 is 5.32 Å². The first kappa shape index (κ1) is 26.3. The number of rotatable bonds is 7. The van der Waals surface area contributed by atoms with E-state index in [1.807, 2.05) is 6.07 Å². The molecule has 1 aliphatic rings. The van der Waals surface area contributed by atoms with Crippen molar-refractivity contribution in [1.82, 2.24) is 9.88 Å². The Morgan fingerprint density at radius 1 is 1.19 bits per heavy atom. The van der Waals surface area contributed by atoms with Crippen molar-refractivity contribution >= 4 is 74.3 Å². The van der Waals surface area contributed by atoms with Gasteiger partial charge in [-0.05, 0) is 29.3 Å². The highest BCUT2D eigenvalue weighted by Crippen LogP contribution is 2.34. The molecule has 4 rings (SSSR count). The van der Waals surface area contributed by atoms with Crippen LogP contribution in [0.4, 0.5) is 18.3 Å². The lowest BCUT2D eigenvalue weighted by Crippen LogP contribution is -2.31. The van der Waals surface area contributed by atoms with Crippen LogP contribution in [0.5, 0.6) is 0 Å². The average molecular weight is 568 g/mol. The summed E-state index contributed by atoms with van der Waals surface area (Å²) in [5.74, 6) is -0.658. The predicted molar refractivity (Wildman–Crippen MR) is 141 cm³/mol. The second kappa shape index (κ2) is 11.1. The van der Waals surface area contributed by atoms with E-state index in [2.05, 4.69) is 10.3 Å². The molecule has 0 aliphatic carbocycles. The van der Waals surface area contributed by atoms with Crippen LogP contribution >= 0.6 is 46.9 Å². The van der Waals surface area contributed by atoms with Crippen molar-refractivity contribution in [3.8, 4) is 0 Å². The molecule has 2 heterocycles. The first-order chi connectivity index (χ1) is 17.1. The molecule has 1 aliphatic heterocycles. The molecule has 0 unspecified atom stereocenters. The highest BCUT2D eigenvalue weighted by Gasteiger charge is 2.32. The number of hydrogen-bond donors (Lipinski definition) is 1. The van der Waals surface area contributed by atoms with E-state index in [-0.39, 0.29) is 31.2 Å². The van der Waals surface area contributed by atoms with E-state index in [1.165, 1.54) is 28.5 Å². The van der Waals surface area contributed by atoms with Gasteiger partial charge in [-0.2, -0.15) is 13.2 Å². The molecular formula is C24H17ClF3N3O2S3. The van der Waals surface area contributed by atoms with Gasteiger partial charge in [-0.3, -0.25) is 14.5 Å². The summed E-state index contributed by atoms with van der Waals surface area (Å²) in [6, 6.07) is 12.2. The molecular weight excluding hydrogens is 551 g/mol. The molecule has 0 bridgehead atoms. The summed E-state index contributed by atoms with van der Waals surface area (Å²) in [6.07, 6.45) is -0.975. The highest BCUT2D eigenvalue weighted by atomic mass is 35.5. The number of carbonyl (C=O) groups is 2. The Morgan fingerprint density at radius 2 is 1.97 bits per heavy atom. The van der Waals surface area contributed by atoms with Gasteiger partial charge in [-0.25, -0.2) is 4.98 Å². The van der Waals surface area contributed by atoms with Crippen molar-refractivity contribution in [2.24, 2.45) is 0 Å². The van der Waals surface area contributed by atoms with Gasteiger partial charge in [0.05, 0.1) is 10.5 Å². The van der Waals surface area contributed by atoms with Crippen LogP contribution in [-0.4, -0.2) is 32.6 Å². The summed E-state index contributed by atoms with van der Waals surface area (Å²) in [4.78, 5) is 31.8. The molecule has 1 fully saturated rings. The number of thiocarbonyl (C=S) groups is 1. The predicted octanol–water partition coefficient (Wildman–Crippen LogP) is 6.64. The maximum atomic E-state index is 12.9. The third-order valence-electron chi connectivity index (χ3n) is 5.06. The monoisotopic (exact) mass is 567 g/mol. The van der Waals surface area contributed by atoms with Gasteiger partial charge in [-0.15, -0.1) is 11.3 Å². The number of anilines is 1. The molecule has 2 aromatic carbocycles. The molecule has 0 spiro atoms. The lowest BCUT2D eigenvalue weighted by Gasteiger charge is -2.13. The van der Waals surface area contributed by atoms with Gasteiger partial charge in [0.25, 0.3) is 5.91 Å². The van der Waals surface area contributed by atoms with Gasteiger partial charge in [0, 0.05) is 35.5 Å². The highest BCUT2D eigenvalue weighted by molar-refractivity contribution is 8.26. The Balaban J connectivity index is 1.32. The fraction of sp³-hybridized carbons (Fsp3) is 0.167. The Hall–Kier alpha value is -2.73. The lowest BCUT2D eigenvalue weighted by molar-refractivity contribution is -0.137. The molecule has 12 heteroatoms. The molecule has 3 aromatic rings. The zero-order valence-corrected chi connectivity index (χ0v) is 21.5. The van der Waals surface area contributed by atoms with Gasteiger partial charge in [0.1, 0.15) is 4.32 Å². The number of carbonyl (C=O) groups excluding carboxylic acids is 2. The number of hydrogen-bond acceptors (Lipinski definition) is 6. The molecule has 5 nitrogen and oxygen atoms in total. The van der Waals surface area contributed by atoms with Crippen LogP contribution in [-0.2, 0) is 22.2 Å². The third kappa shape index (κ3) is 6.52. The van der Waals surface area contributed by atoms with Crippen LogP contribution in [0.15, 0.2) is 59.6 Å². The minimum Gasteiger partial charge on any atom is -0.302 e. The van der Waals surface area contributed by atoms with Crippen LogP contribution < -0.4 is 5.32 Å². The number of halogens is 4. The molecule has 0 atom stereocenters. The second-order valence-corrected chi connectivity index (χ2v) is 10.9. The summed E-state index contributed by atoms with van der Waals surface area (Å²) in [5.41, 5.74) is 0.475. The summed E-state index contributed by atoms with van der Waals surface area (Å²) in [7, 11) is 0. The minimum atomic E-state index is -4.41. The summed E-state index contributed by atoms with van der Waals surface area (Å²) in [5, 5.41) is 3.50. The smallest absolute Gasteiger partial charge is 0.302 e. The van der Waals surface area contributed by atoms with E-state index in [0.29, 0.717) is 35.4 Å². The van der Waals surface area contributed by atoms with Crippen LogP contribution in [0.3, 0.4) is 0 Å². The van der Waals surface area contributed by atoms with Crippen LogP contribution in [0.1, 0.15) is 28.0 Å². The topological polar surface area (TPSA) is 62.3 Å². The van der Waals surface area contributed by atoms with E-state index >= 15 is 0 Å². The fourth-order valence-electron chi connectivity index (χ4n) is 3.33. The first-order valence-electron chi connectivity index (χ1n) is 10.5. The van der Waals surface area contributed by atoms with Crippen LogP contribution in [0.2, 0.25) is 5.02 Å². The number of amides is 2. The lowest BCUT2D eigenvalue weighted by atomic mass is 10.1. The zero-order valence-electron chi connectivity index (χ0n) is 18.3. The summed E-state index contributed by atoms with van der Waals surface area (Å²) < 4.78 is 39.1. The van der Waals surface area contributed by atoms with Crippen LogP contribution in [0, 0.1) is 0 Å². The van der Waals surface area contributed by atoms with Crippen molar-refractivity contribution in [3.63, 3.8) is 0 Å². The van der Waals surface area contributed by atoms with E-state index in [1.54, 1.807) is 30.3 Å². The van der Waals surface area contributed by atoms with Crippen molar-refractivity contribution < 1.29 is 22.8 Å². The van der Waals surface area contributed by atoms with Gasteiger partial charge in [0.15, 0.2) is 5.13 Å². The second-order valence-electron chi connectivity index (χ2n) is 7.66. The van der Waals surface area contributed by atoms with Crippen LogP contribution in [0.25, 0.3) is 6.08 Å². The normalized spacial score (nSPS) is 15.1. The molecule has 1 saturated heterocycles. The standard InChI is InChI=1S/C24H17ClF3N3O2S3/c25-18-7-2-1-5-15(18)12-19-21(33)31(23(34)36-19)9-8-20(32)30-22-29-13-17(35-22)11-14-4-3-6-16(10-14)24(26,27)28/h1-7,10,12-13H,8-9,11H2,(H,29,30,32)/b19-12-. The van der Waals surface area contributed by atoms with Crippen molar-refractivity contribution in [2.45, 2.75) is 19.0 Å². The Bertz CT molecular complexity index is 1360. The van der Waals surface area contributed by atoms with Crippen molar-refractivity contribution in [1.29, 1.82) is 0 Å². The van der Waals surface area contributed by atoms with E-state index < -0.39 is 11.7 Å². The van der Waals surface area contributed by atoms with Gasteiger partial charge >= 0.3 is 6.18 Å². The molecule has 186 valence electrons. The Kier molecular flexibility index (Phi) is 8.13. The largest absolute Gasteiger partial charge is 0.416 e. The van der Waals surface area contributed by atoms with E-state index in [0.717, 1.165) is 23.9 Å². The Labute approximate surface area is 223 Å². The molecule has 1 aromatic heterocycles. The number of thiazole rings is 1. The maximum absolute atomic E-state index is 12.9. The van der Waals surface area contributed by atoms with Gasteiger partial charge in [0.2, 0.25) is 5.91 Å². The zero-order chi connectivity index (χ0) is 25.9. The number of aromatic nitrogens is 1. The number of alkyl halides is 3. The maximum Gasteiger partial charge on any atom is 0.416 e. The first-order valence-corrected chi connectivity index (χ1v) is 12.9. The summed E-state index contributed by atoms with van der Waals surface area (Å²) in [6.45, 7) is 0.0961. The van der Waals surface area contributed by atoms with Crippen molar-refractivity contribution in [2.75, 3.05) is 11.9 Å². The number of benzene rings is 2. The molecule has 0 saturated carbocycles. The molecule has 36 heavy (non-hydrogen) atoms. The van der Waals surface area contributed by atoms with Gasteiger partial charge in [-0.1, -0.05) is 72.0 Å². The number of thioether (sulfide) groups is 1. The van der Waals surface area contributed by atoms with Crippen molar-refractivity contribution in [3.05, 3.63) is 86.2 Å². The number of nitrogens with one attached hydrogen (secondary N) is 1. The summed E-state index contributed by atoms with van der Waals surface area (Å²) >= 11 is 13.8. The number of nitrogens with zero attached hydrogens (tertiary/aromatic N) is 2. The SMILES string of the molecule is O=C(CCN1C(=O)/C(=C/c2ccccc2Cl)SC1=S)Nc1ncc(Cc2cccc(C(F)(F)F)c2)s1. The molecule has 0 radical (unpaired) electrons. The molecule has 1 N–H and O–H groups in total. The minimum absolute atomic E-state index is 0.00560. The fourth-order valence-corrected chi connectivity index (χ4v) is 5.68. The molecule has 2 amide bonds. The average Bonchev–Trinajstić information content (AvgIpc) is 3.36. The van der Waals surface area contributed by atoms with E-state index in [4.69, 9.17) is 23.8 Å².